The van der Waals surface area contributed by atoms with E-state index in [-0.39, 0.29) is 21.3 Å². The lowest BCUT2D eigenvalue weighted by atomic mass is 10.3. The minimum absolute atomic E-state index is 0.0557. The van der Waals surface area contributed by atoms with Gasteiger partial charge >= 0.3 is 0 Å². The minimum atomic E-state index is -4.10. The van der Waals surface area contributed by atoms with E-state index in [4.69, 9.17) is 27.9 Å². The van der Waals surface area contributed by atoms with E-state index in [1.807, 2.05) is 6.26 Å². The van der Waals surface area contributed by atoms with E-state index in [9.17, 15) is 13.2 Å². The van der Waals surface area contributed by atoms with Crippen LogP contribution in [0.15, 0.2) is 76.5 Å². The average Bonchev–Trinajstić information content (AvgIpc) is 2.80. The number of amides is 1. The van der Waals surface area contributed by atoms with Crippen molar-refractivity contribution in [2.75, 3.05) is 29.0 Å². The third kappa shape index (κ3) is 6.14. The molecule has 0 aliphatic rings. The van der Waals surface area contributed by atoms with Gasteiger partial charge in [0.1, 0.15) is 12.3 Å². The molecule has 33 heavy (non-hydrogen) atoms. The molecule has 0 saturated carbocycles. The zero-order valence-electron chi connectivity index (χ0n) is 17.9. The van der Waals surface area contributed by atoms with Crippen molar-refractivity contribution >= 4 is 62.3 Å². The van der Waals surface area contributed by atoms with Crippen LogP contribution in [0.4, 0.5) is 11.4 Å². The molecule has 0 bridgehead atoms. The second-order valence-corrected chi connectivity index (χ2v) is 10.3. The van der Waals surface area contributed by atoms with Crippen molar-refractivity contribution in [2.45, 2.75) is 16.7 Å². The summed E-state index contributed by atoms with van der Waals surface area (Å²) < 4.78 is 33.9. The number of halogens is 2. The Morgan fingerprint density at radius 1 is 1.06 bits per heavy atom. The van der Waals surface area contributed by atoms with Crippen LogP contribution in [-0.4, -0.2) is 33.7 Å². The number of rotatable bonds is 9. The van der Waals surface area contributed by atoms with Crippen molar-refractivity contribution in [1.82, 2.24) is 0 Å². The van der Waals surface area contributed by atoms with Gasteiger partial charge in [0.05, 0.1) is 27.9 Å². The molecule has 0 heterocycles. The maximum atomic E-state index is 13.6. The molecule has 0 radical (unpaired) electrons. The number of nitrogens with one attached hydrogen (secondary N) is 1. The van der Waals surface area contributed by atoms with Crippen molar-refractivity contribution in [2.24, 2.45) is 0 Å². The summed E-state index contributed by atoms with van der Waals surface area (Å²) in [4.78, 5) is 13.9. The molecule has 0 aromatic heterocycles. The lowest BCUT2D eigenvalue weighted by Gasteiger charge is -2.26. The predicted octanol–water partition coefficient (Wildman–Crippen LogP) is 5.95. The normalized spacial score (nSPS) is 11.2. The molecular formula is C23H22Cl2N2O4S2. The van der Waals surface area contributed by atoms with Gasteiger partial charge in [-0.15, -0.1) is 11.8 Å². The van der Waals surface area contributed by atoms with Gasteiger partial charge in [0.15, 0.2) is 0 Å². The molecule has 3 rings (SSSR count). The number of ether oxygens (including phenoxy) is 1. The lowest BCUT2D eigenvalue weighted by Crippen LogP contribution is -2.38. The Morgan fingerprint density at radius 3 is 2.42 bits per heavy atom. The third-order valence-corrected chi connectivity index (χ3v) is 7.65. The summed E-state index contributed by atoms with van der Waals surface area (Å²) in [6.07, 6.45) is 1.90. The molecule has 174 valence electrons. The van der Waals surface area contributed by atoms with Gasteiger partial charge in [-0.2, -0.15) is 0 Å². The van der Waals surface area contributed by atoms with Crippen LogP contribution in [0.3, 0.4) is 0 Å². The van der Waals surface area contributed by atoms with Gasteiger partial charge in [-0.3, -0.25) is 9.10 Å². The van der Waals surface area contributed by atoms with Crippen LogP contribution in [0.1, 0.15) is 6.92 Å². The highest BCUT2D eigenvalue weighted by Gasteiger charge is 2.29. The molecule has 0 aliphatic carbocycles. The first-order valence-corrected chi connectivity index (χ1v) is 13.3. The summed E-state index contributed by atoms with van der Waals surface area (Å²) in [7, 11) is -4.10. The van der Waals surface area contributed by atoms with Crippen LogP contribution < -0.4 is 14.4 Å². The lowest BCUT2D eigenvalue weighted by molar-refractivity contribution is -0.114. The number of thioether (sulfide) groups is 1. The van der Waals surface area contributed by atoms with Crippen molar-refractivity contribution in [3.8, 4) is 5.75 Å². The number of sulfonamides is 1. The fourth-order valence-corrected chi connectivity index (χ4v) is 5.21. The fraction of sp³-hybridized carbons (Fsp3) is 0.174. The van der Waals surface area contributed by atoms with Gasteiger partial charge in [-0.05, 0) is 67.8 Å². The smallest absolute Gasteiger partial charge is 0.264 e. The summed E-state index contributed by atoms with van der Waals surface area (Å²) in [5.74, 6) is -0.243. The highest BCUT2D eigenvalue weighted by atomic mass is 35.5. The molecular weight excluding hydrogens is 503 g/mol. The molecule has 3 aromatic carbocycles. The second kappa shape index (κ2) is 11.2. The highest BCUT2D eigenvalue weighted by molar-refractivity contribution is 7.98. The van der Waals surface area contributed by atoms with Crippen LogP contribution in [0.5, 0.6) is 5.75 Å². The molecule has 0 atom stereocenters. The quantitative estimate of drug-likeness (QED) is 0.350. The highest BCUT2D eigenvalue weighted by Crippen LogP contribution is 2.33. The zero-order valence-corrected chi connectivity index (χ0v) is 21.1. The molecule has 6 nitrogen and oxygen atoms in total. The molecule has 0 unspecified atom stereocenters. The summed E-state index contributed by atoms with van der Waals surface area (Å²) in [5.41, 5.74) is 0.537. The number of carbonyl (C=O) groups is 1. The average molecular weight is 525 g/mol. The maximum absolute atomic E-state index is 13.6. The van der Waals surface area contributed by atoms with E-state index in [1.165, 1.54) is 30.0 Å². The molecule has 1 amide bonds. The Labute approximate surface area is 207 Å². The van der Waals surface area contributed by atoms with Crippen molar-refractivity contribution in [1.29, 1.82) is 0 Å². The van der Waals surface area contributed by atoms with E-state index >= 15 is 0 Å². The number of benzene rings is 3. The van der Waals surface area contributed by atoms with E-state index in [0.29, 0.717) is 17.4 Å². The Bertz CT molecular complexity index is 1240. The second-order valence-electron chi connectivity index (χ2n) is 6.76. The summed E-state index contributed by atoms with van der Waals surface area (Å²) in [6, 6.07) is 17.8. The first-order valence-electron chi connectivity index (χ1n) is 9.89. The Morgan fingerprint density at radius 2 is 1.76 bits per heavy atom. The Kier molecular flexibility index (Phi) is 8.53. The monoisotopic (exact) mass is 524 g/mol. The van der Waals surface area contributed by atoms with Crippen LogP contribution in [-0.2, 0) is 14.8 Å². The largest absolute Gasteiger partial charge is 0.492 e. The number of carbonyl (C=O) groups excluding carboxylic acids is 1. The van der Waals surface area contributed by atoms with E-state index in [1.54, 1.807) is 55.5 Å². The number of anilines is 2. The zero-order chi connectivity index (χ0) is 24.0. The standard InChI is InChI=1S/C23H22Cl2N2O4S2/c1-3-31-22-7-5-4-6-21(22)27(33(29,30)18-11-9-17(32-2)10-12-18)15-23(28)26-20-14-16(24)8-13-19(20)25/h4-14H,3,15H2,1-2H3,(H,26,28). The minimum Gasteiger partial charge on any atom is -0.492 e. The van der Waals surface area contributed by atoms with Gasteiger partial charge < -0.3 is 10.1 Å². The molecule has 0 fully saturated rings. The van der Waals surface area contributed by atoms with Crippen molar-refractivity contribution in [3.05, 3.63) is 76.8 Å². The number of hydrogen-bond acceptors (Lipinski definition) is 5. The summed E-state index contributed by atoms with van der Waals surface area (Å²) in [6.45, 7) is 1.63. The van der Waals surface area contributed by atoms with Crippen LogP contribution in [0.2, 0.25) is 10.0 Å². The van der Waals surface area contributed by atoms with E-state index in [2.05, 4.69) is 5.32 Å². The third-order valence-electron chi connectivity index (χ3n) is 4.57. The molecule has 10 heteroatoms. The van der Waals surface area contributed by atoms with Crippen LogP contribution >= 0.6 is 35.0 Å². The number of para-hydroxylation sites is 2. The SMILES string of the molecule is CCOc1ccccc1N(CC(=O)Nc1cc(Cl)ccc1Cl)S(=O)(=O)c1ccc(SC)cc1. The molecule has 0 saturated heterocycles. The van der Waals surface area contributed by atoms with Gasteiger partial charge in [-0.1, -0.05) is 35.3 Å². The van der Waals surface area contributed by atoms with Crippen molar-refractivity contribution in [3.63, 3.8) is 0 Å². The first kappa shape index (κ1) is 25.2. The summed E-state index contributed by atoms with van der Waals surface area (Å²) in [5, 5.41) is 3.30. The van der Waals surface area contributed by atoms with E-state index in [0.717, 1.165) is 9.20 Å². The predicted molar refractivity (Wildman–Crippen MR) is 135 cm³/mol. The Balaban J connectivity index is 2.01. The molecule has 3 aromatic rings. The van der Waals surface area contributed by atoms with Crippen LogP contribution in [0.25, 0.3) is 0 Å². The fourth-order valence-electron chi connectivity index (χ4n) is 3.03. The van der Waals surface area contributed by atoms with Gasteiger partial charge in [-0.25, -0.2) is 8.42 Å². The van der Waals surface area contributed by atoms with Gasteiger partial charge in [0, 0.05) is 9.92 Å². The topological polar surface area (TPSA) is 75.7 Å². The van der Waals surface area contributed by atoms with Crippen molar-refractivity contribution < 1.29 is 17.9 Å². The molecule has 0 spiro atoms. The van der Waals surface area contributed by atoms with E-state index < -0.39 is 22.5 Å². The van der Waals surface area contributed by atoms with Crippen LogP contribution in [0, 0.1) is 0 Å². The molecule has 0 aliphatic heterocycles. The summed E-state index contributed by atoms with van der Waals surface area (Å²) >= 11 is 13.6. The van der Waals surface area contributed by atoms with Gasteiger partial charge in [0.2, 0.25) is 5.91 Å². The molecule has 1 N–H and O–H groups in total. The number of nitrogens with zero attached hydrogens (tertiary/aromatic N) is 1. The maximum Gasteiger partial charge on any atom is 0.264 e. The first-order chi connectivity index (χ1) is 15.8. The van der Waals surface area contributed by atoms with Gasteiger partial charge in [0.25, 0.3) is 10.0 Å². The number of hydrogen-bond donors (Lipinski definition) is 1. The Hall–Kier alpha value is -2.39.